The smallest absolute Gasteiger partial charge is 0.410 e. The summed E-state index contributed by atoms with van der Waals surface area (Å²) in [6, 6.07) is -2.24. The van der Waals surface area contributed by atoms with Crippen LogP contribution in [0.4, 0.5) is 22.5 Å². The molecule has 1 saturated carbocycles. The average molecular weight is 1310 g/mol. The molecular weight excluding hydrogens is 1210 g/mol. The number of nitrogens with two attached hydrogens (primary N) is 2. The van der Waals surface area contributed by atoms with Gasteiger partial charge in [0.25, 0.3) is 17.6 Å². The molecule has 0 aromatic carbocycles. The van der Waals surface area contributed by atoms with Crippen LogP contribution >= 0.6 is 0 Å². The molecule has 0 unspecified atom stereocenters. The van der Waals surface area contributed by atoms with E-state index in [1.807, 2.05) is 56.1 Å². The Hall–Kier alpha value is -7.07. The Bertz CT molecular complexity index is 3150. The molecule has 15 atom stereocenters. The van der Waals surface area contributed by atoms with Gasteiger partial charge in [-0.05, 0) is 108 Å². The van der Waals surface area contributed by atoms with E-state index in [0.717, 1.165) is 21.7 Å². The van der Waals surface area contributed by atoms with Crippen molar-refractivity contribution in [2.45, 2.75) is 199 Å². The third-order valence-corrected chi connectivity index (χ3v) is 19.6. The number of piperazine rings is 1. The Labute approximate surface area is 551 Å². The van der Waals surface area contributed by atoms with E-state index in [4.69, 9.17) is 40.1 Å². The molecule has 8 N–H and O–H groups in total. The fourth-order valence-corrected chi connectivity index (χ4v) is 13.7. The van der Waals surface area contributed by atoms with Gasteiger partial charge in [-0.2, -0.15) is 4.98 Å². The highest BCUT2D eigenvalue weighted by molar-refractivity contribution is 6.39. The second-order valence-corrected chi connectivity index (χ2v) is 26.5. The highest BCUT2D eigenvalue weighted by atomic mass is 16.6. The number of aliphatic hydroxyl groups excluding tert-OH is 2. The molecule has 1 aliphatic carbocycles. The standard InChI is InChI=1S/C68H99N11O15/c1-10-71-62(85)48-37-73-66(75-61(48)70)77-28-26-76(27-29-77)65-72-36-46-38-78(25-23-50(46)74-65)67(88)93-53-22-20-45(33-56(53)91-9)32-49(69)55-35-52(80)41(4)31-43(6)58(82)59(83)57(81)42(5)30-39(2)16-12-11-13-17-40(3)54(90-8)34-47-21-19-44(7)68(89,94-47)60(84)63(86)79-24-15-14-18-51(79)64(87)92-55/h11-13,16-17,31,36-37,39,41-42,44-45,47,49,51,53-56,58-59,82-83,89H,10,14-15,18-30,32-35,38,69H2,1-9H3,(H,71,85)(H2,70,73,75)/b13-11+,16-12+,40-17+,43-31+/t39-,41-,42-,44-,45+,47+,49-,51+,53-,54+,55+,56-,58-,59+,68-/m1/s1. The number of methoxy groups -OCH3 is 2. The number of carbonyl (C=O) groups is 7. The van der Waals surface area contributed by atoms with Crippen molar-refractivity contribution in [3.63, 3.8) is 0 Å². The van der Waals surface area contributed by atoms with Gasteiger partial charge in [0.15, 0.2) is 5.78 Å². The first-order valence-electron chi connectivity index (χ1n) is 33.4. The van der Waals surface area contributed by atoms with Crippen molar-refractivity contribution in [1.82, 2.24) is 35.1 Å². The number of ketones is 3. The van der Waals surface area contributed by atoms with Gasteiger partial charge in [-0.1, -0.05) is 64.2 Å². The lowest BCUT2D eigenvalue weighted by atomic mass is 9.80. The van der Waals surface area contributed by atoms with Crippen LogP contribution in [0.3, 0.4) is 0 Å². The van der Waals surface area contributed by atoms with Crippen LogP contribution in [0, 0.1) is 29.6 Å². The molecule has 7 heterocycles. The predicted molar refractivity (Wildman–Crippen MR) is 348 cm³/mol. The molecule has 26 nitrogen and oxygen atoms in total. The first-order valence-corrected chi connectivity index (χ1v) is 33.4. The molecule has 3 saturated heterocycles. The van der Waals surface area contributed by atoms with Crippen molar-refractivity contribution in [3.8, 4) is 0 Å². The predicted octanol–water partition coefficient (Wildman–Crippen LogP) is 4.66. The number of aliphatic hydroxyl groups is 3. The highest BCUT2D eigenvalue weighted by Gasteiger charge is 2.53. The third kappa shape index (κ3) is 17.9. The van der Waals surface area contributed by atoms with E-state index in [0.29, 0.717) is 109 Å². The number of aromatic nitrogens is 4. The third-order valence-electron chi connectivity index (χ3n) is 19.6. The molecule has 6 aliphatic rings. The Morgan fingerprint density at radius 2 is 1.53 bits per heavy atom. The molecule has 4 fully saturated rings. The molecule has 0 radical (unpaired) electrons. The molecule has 0 spiro atoms. The molecular formula is C68H99N11O15. The van der Waals surface area contributed by atoms with E-state index < -0.39 is 120 Å². The van der Waals surface area contributed by atoms with Crippen molar-refractivity contribution >= 4 is 58.9 Å². The maximum atomic E-state index is 14.7. The summed E-state index contributed by atoms with van der Waals surface area (Å²) in [4.78, 5) is 123. The number of fused-ring (bicyclic) bond motifs is 4. The number of amides is 3. The number of ether oxygens (including phenoxy) is 5. The largest absolute Gasteiger partial charge is 0.459 e. The minimum absolute atomic E-state index is 0.00322. The summed E-state index contributed by atoms with van der Waals surface area (Å²) < 4.78 is 30.5. The second-order valence-electron chi connectivity index (χ2n) is 26.5. The summed E-state index contributed by atoms with van der Waals surface area (Å²) in [5, 5.41) is 37.3. The van der Waals surface area contributed by atoms with E-state index in [2.05, 4.69) is 25.2 Å². The Kier molecular flexibility index (Phi) is 25.6. The first kappa shape index (κ1) is 72.8. The fraction of sp³-hybridized carbons (Fsp3) is 0.662. The van der Waals surface area contributed by atoms with Crippen molar-refractivity contribution in [1.29, 1.82) is 0 Å². The van der Waals surface area contributed by atoms with E-state index in [9.17, 15) is 48.9 Å². The van der Waals surface area contributed by atoms with Gasteiger partial charge >= 0.3 is 12.1 Å². The molecule has 2 aromatic rings. The average Bonchev–Trinajstić information content (AvgIpc) is 0.783. The van der Waals surface area contributed by atoms with Crippen LogP contribution < -0.4 is 26.6 Å². The van der Waals surface area contributed by atoms with Gasteiger partial charge in [0, 0.05) is 121 Å². The number of nitrogen functional groups attached to an aromatic ring is 1. The number of esters is 1. The van der Waals surface area contributed by atoms with Gasteiger partial charge in [-0.25, -0.2) is 24.5 Å². The summed E-state index contributed by atoms with van der Waals surface area (Å²) in [5.74, 6) is -8.45. The maximum Gasteiger partial charge on any atom is 0.410 e. The molecule has 8 rings (SSSR count). The number of Topliss-reactive ketones (excluding diaryl/α,β-unsaturated/α-hetero) is 3. The van der Waals surface area contributed by atoms with Crippen molar-refractivity contribution < 1.29 is 72.6 Å². The molecule has 2 aromatic heterocycles. The number of hydrogen-bond donors (Lipinski definition) is 6. The number of piperidine rings is 1. The van der Waals surface area contributed by atoms with Crippen LogP contribution in [-0.4, -0.2) is 207 Å². The molecule has 516 valence electrons. The minimum Gasteiger partial charge on any atom is -0.459 e. The second kappa shape index (κ2) is 33.1. The molecule has 26 heteroatoms. The number of anilines is 3. The Morgan fingerprint density at radius 3 is 2.22 bits per heavy atom. The van der Waals surface area contributed by atoms with E-state index in [-0.39, 0.29) is 67.0 Å². The lowest BCUT2D eigenvalue weighted by molar-refractivity contribution is -0.265. The highest BCUT2D eigenvalue weighted by Crippen LogP contribution is 2.38. The van der Waals surface area contributed by atoms with Crippen LogP contribution in [0.1, 0.15) is 147 Å². The van der Waals surface area contributed by atoms with E-state index >= 15 is 0 Å². The van der Waals surface area contributed by atoms with Crippen LogP contribution in [0.5, 0.6) is 0 Å². The van der Waals surface area contributed by atoms with Gasteiger partial charge in [0.2, 0.25) is 17.7 Å². The van der Waals surface area contributed by atoms with Crippen molar-refractivity contribution in [2.24, 2.45) is 35.3 Å². The SMILES string of the molecule is CCNC(=O)c1cnc(N2CCN(c3ncc4c(n3)CCN(C(=O)O[C@@H]3CC[C@@H](C[C@@H](N)[C@@H]5CC(=O)[C@H](C)/C=C(\C)[C@@H](O)[C@@H](O)C(=O)[C@H](C)C[C@H](C)/C=C/C=C/C=C(\C)[C@@H](OC)C[C@@H]6CC[C@@H](C)[C@@](O)(O6)C(=O)C(=O)N6CCCC[C@H]6C(=O)O5)C[C@H]3OC)C4)CC2)nc1N. The number of nitrogens with zero attached hydrogens (tertiary/aromatic N) is 8. The number of allylic oxidation sites excluding steroid dienone is 6. The molecule has 3 amide bonds. The number of carbonyl (C=O) groups excluding carboxylic acids is 7. The van der Waals surface area contributed by atoms with Gasteiger partial charge < -0.3 is 75.4 Å². The minimum atomic E-state index is -2.51. The number of hydrogen-bond acceptors (Lipinski definition) is 23. The summed E-state index contributed by atoms with van der Waals surface area (Å²) in [6.07, 6.45) is 10.7. The molecule has 5 aliphatic heterocycles. The van der Waals surface area contributed by atoms with Gasteiger partial charge in [0.05, 0.1) is 36.1 Å². The summed E-state index contributed by atoms with van der Waals surface area (Å²) in [5.41, 5.74) is 16.1. The zero-order valence-corrected chi connectivity index (χ0v) is 56.0. The van der Waals surface area contributed by atoms with Crippen LogP contribution in [0.25, 0.3) is 0 Å². The van der Waals surface area contributed by atoms with Gasteiger partial charge in [-0.3, -0.25) is 24.0 Å². The molecule has 2 bridgehead atoms. The number of rotatable bonds is 10. The molecule has 94 heavy (non-hydrogen) atoms. The zero-order valence-electron chi connectivity index (χ0n) is 56.0. The summed E-state index contributed by atoms with van der Waals surface area (Å²) >= 11 is 0. The van der Waals surface area contributed by atoms with E-state index in [1.54, 1.807) is 39.0 Å². The van der Waals surface area contributed by atoms with Crippen LogP contribution in [-0.2, 0) is 60.6 Å². The van der Waals surface area contributed by atoms with E-state index in [1.165, 1.54) is 26.3 Å². The van der Waals surface area contributed by atoms with Crippen molar-refractivity contribution in [3.05, 3.63) is 76.8 Å². The monoisotopic (exact) mass is 1310 g/mol. The lowest BCUT2D eigenvalue weighted by Gasteiger charge is -2.42. The zero-order chi connectivity index (χ0) is 68.1. The number of nitrogens with one attached hydrogen (secondary N) is 1. The number of cyclic esters (lactones) is 1. The Morgan fingerprint density at radius 1 is 0.819 bits per heavy atom. The van der Waals surface area contributed by atoms with Crippen molar-refractivity contribution in [2.75, 3.05) is 75.6 Å². The summed E-state index contributed by atoms with van der Waals surface area (Å²) in [7, 11) is 3.09. The first-order chi connectivity index (χ1) is 44.8. The Balaban J connectivity index is 0.934. The van der Waals surface area contributed by atoms with Crippen LogP contribution in [0.2, 0.25) is 0 Å². The topological polar surface area (TPSA) is 355 Å². The fourth-order valence-electron chi connectivity index (χ4n) is 13.7. The van der Waals surface area contributed by atoms with Gasteiger partial charge in [-0.15, -0.1) is 0 Å². The van der Waals surface area contributed by atoms with Gasteiger partial charge in [0.1, 0.15) is 42.1 Å². The van der Waals surface area contributed by atoms with Crippen LogP contribution in [0.15, 0.2) is 60.0 Å². The summed E-state index contributed by atoms with van der Waals surface area (Å²) in [6.45, 7) is 15.5. The lowest BCUT2D eigenvalue weighted by Crippen LogP contribution is -2.61. The normalized spacial score (nSPS) is 33.2. The maximum absolute atomic E-state index is 14.7. The quantitative estimate of drug-likeness (QED) is 0.107.